The van der Waals surface area contributed by atoms with Crippen molar-refractivity contribution in [3.05, 3.63) is 69.1 Å². The molecule has 0 saturated carbocycles. The monoisotopic (exact) mass is 517 g/mol. The van der Waals surface area contributed by atoms with Crippen LogP contribution in [0.5, 0.6) is 0 Å². The first-order valence-corrected chi connectivity index (χ1v) is 12.3. The van der Waals surface area contributed by atoms with Crippen LogP contribution in [-0.2, 0) is 15.1 Å². The van der Waals surface area contributed by atoms with E-state index in [-0.39, 0.29) is 27.8 Å². The fraction of sp³-hybridized carbons (Fsp3) is 0.385. The Bertz CT molecular complexity index is 1140. The van der Waals surface area contributed by atoms with Crippen molar-refractivity contribution in [1.82, 2.24) is 10.3 Å². The molecule has 186 valence electrons. The highest BCUT2D eigenvalue weighted by atomic mass is 35.5. The molecule has 0 bridgehead atoms. The molecule has 0 radical (unpaired) electrons. The first-order chi connectivity index (χ1) is 16.6. The van der Waals surface area contributed by atoms with Crippen molar-refractivity contribution >= 4 is 46.5 Å². The molecular weight excluding hydrogens is 489 g/mol. The summed E-state index contributed by atoms with van der Waals surface area (Å²) in [6, 6.07) is 6.97. The smallest absolute Gasteiger partial charge is 0.306 e. The van der Waals surface area contributed by atoms with Crippen LogP contribution in [0.15, 0.2) is 47.9 Å². The molecule has 35 heavy (non-hydrogen) atoms. The number of pyridine rings is 1. The molecule has 1 atom stereocenters. The van der Waals surface area contributed by atoms with Crippen LogP contribution in [0.2, 0.25) is 10.0 Å². The van der Waals surface area contributed by atoms with Gasteiger partial charge in [0.1, 0.15) is 0 Å². The number of nitrogens with zero attached hydrogens (tertiary/aromatic N) is 1. The predicted octanol–water partition coefficient (Wildman–Crippen LogP) is 5.97. The minimum absolute atomic E-state index is 0.119. The molecule has 1 amide bonds. The summed E-state index contributed by atoms with van der Waals surface area (Å²) in [5, 5.41) is 16.2. The number of rotatable bonds is 10. The molecule has 3 N–H and O–H groups in total. The molecule has 9 heteroatoms. The summed E-state index contributed by atoms with van der Waals surface area (Å²) in [6.45, 7) is 6.03. The standard InChI is InChI=1S/C26H29Cl2N3O4/c1-4-26(12-23(33)34,31-21-9-10-22(32)18(21)11-15(2)3)16-5-7-17(8-6-16)30-25(35)24-19(27)13-29-14-20(24)28/h5-8,13-15,31H,4,9-12H2,1-3H3,(H,30,35)(H,33,34). The van der Waals surface area contributed by atoms with E-state index in [9.17, 15) is 19.5 Å². The number of aromatic nitrogens is 1. The molecule has 0 spiro atoms. The number of aliphatic carboxylic acids is 1. The molecule has 1 unspecified atom stereocenters. The number of benzene rings is 1. The third-order valence-corrected chi connectivity index (χ3v) is 6.71. The number of anilines is 1. The topological polar surface area (TPSA) is 108 Å². The molecule has 1 aliphatic rings. The van der Waals surface area contributed by atoms with E-state index in [1.54, 1.807) is 24.3 Å². The van der Waals surface area contributed by atoms with Gasteiger partial charge in [0.2, 0.25) is 0 Å². The lowest BCUT2D eigenvalue weighted by molar-refractivity contribution is -0.138. The number of hydrogen-bond donors (Lipinski definition) is 3. The number of carbonyl (C=O) groups excluding carboxylic acids is 2. The number of nitrogens with one attached hydrogen (secondary N) is 2. The summed E-state index contributed by atoms with van der Waals surface area (Å²) < 4.78 is 0. The van der Waals surface area contributed by atoms with Crippen LogP contribution < -0.4 is 10.6 Å². The van der Waals surface area contributed by atoms with E-state index >= 15 is 0 Å². The van der Waals surface area contributed by atoms with E-state index in [0.29, 0.717) is 37.3 Å². The van der Waals surface area contributed by atoms with Gasteiger partial charge in [0.05, 0.1) is 27.6 Å². The van der Waals surface area contributed by atoms with Gasteiger partial charge < -0.3 is 15.7 Å². The molecule has 1 aromatic heterocycles. The van der Waals surface area contributed by atoms with E-state index in [0.717, 1.165) is 16.8 Å². The first-order valence-electron chi connectivity index (χ1n) is 11.5. The number of hydrogen-bond acceptors (Lipinski definition) is 5. The van der Waals surface area contributed by atoms with Crippen molar-refractivity contribution in [3.8, 4) is 0 Å². The van der Waals surface area contributed by atoms with E-state index in [2.05, 4.69) is 29.5 Å². The molecule has 7 nitrogen and oxygen atoms in total. The molecule has 0 fully saturated rings. The van der Waals surface area contributed by atoms with E-state index in [1.807, 2.05) is 6.92 Å². The second-order valence-corrected chi connectivity index (χ2v) is 9.93. The Morgan fingerprint density at radius 3 is 2.29 bits per heavy atom. The number of halogens is 2. The molecular formula is C26H29Cl2N3O4. The molecule has 1 heterocycles. The molecule has 1 aromatic carbocycles. The quantitative estimate of drug-likeness (QED) is 0.358. The second-order valence-electron chi connectivity index (χ2n) is 9.12. The predicted molar refractivity (Wildman–Crippen MR) is 137 cm³/mol. The maximum Gasteiger partial charge on any atom is 0.306 e. The minimum atomic E-state index is -0.950. The maximum atomic E-state index is 12.7. The lowest BCUT2D eigenvalue weighted by atomic mass is 9.83. The Hall–Kier alpha value is -2.90. The molecule has 3 rings (SSSR count). The van der Waals surface area contributed by atoms with Crippen molar-refractivity contribution in [3.63, 3.8) is 0 Å². The fourth-order valence-electron chi connectivity index (χ4n) is 4.37. The first kappa shape index (κ1) is 26.7. The van der Waals surface area contributed by atoms with Gasteiger partial charge in [0.15, 0.2) is 5.78 Å². The van der Waals surface area contributed by atoms with Gasteiger partial charge in [-0.3, -0.25) is 19.4 Å². The van der Waals surface area contributed by atoms with Gasteiger partial charge in [0.25, 0.3) is 5.91 Å². The Morgan fingerprint density at radius 1 is 1.11 bits per heavy atom. The molecule has 0 aliphatic heterocycles. The van der Waals surface area contributed by atoms with Crippen LogP contribution in [0.3, 0.4) is 0 Å². The number of allylic oxidation sites excluding steroid dienone is 2. The third kappa shape index (κ3) is 6.21. The Labute approximate surface area is 214 Å². The van der Waals surface area contributed by atoms with Gasteiger partial charge in [-0.15, -0.1) is 0 Å². The van der Waals surface area contributed by atoms with Crippen LogP contribution in [0.4, 0.5) is 5.69 Å². The van der Waals surface area contributed by atoms with Crippen molar-refractivity contribution in [2.45, 2.75) is 58.4 Å². The molecule has 1 aliphatic carbocycles. The second kappa shape index (κ2) is 11.2. The fourth-order valence-corrected chi connectivity index (χ4v) is 4.91. The summed E-state index contributed by atoms with van der Waals surface area (Å²) in [6.07, 6.45) is 4.67. The van der Waals surface area contributed by atoms with Crippen molar-refractivity contribution < 1.29 is 19.5 Å². The highest BCUT2D eigenvalue weighted by molar-refractivity contribution is 6.40. The number of carboxylic acid groups (broad SMARTS) is 1. The van der Waals surface area contributed by atoms with Crippen molar-refractivity contribution in [1.29, 1.82) is 0 Å². The normalized spacial score (nSPS) is 15.3. The van der Waals surface area contributed by atoms with Crippen LogP contribution in [-0.4, -0.2) is 27.8 Å². The molecule has 0 saturated heterocycles. The summed E-state index contributed by atoms with van der Waals surface area (Å²) in [5.74, 6) is -1.000. The van der Waals surface area contributed by atoms with E-state index in [4.69, 9.17) is 23.2 Å². The minimum Gasteiger partial charge on any atom is -0.481 e. The van der Waals surface area contributed by atoms with Gasteiger partial charge in [-0.25, -0.2) is 0 Å². The molecule has 2 aromatic rings. The summed E-state index contributed by atoms with van der Waals surface area (Å²) in [4.78, 5) is 40.9. The number of ketones is 1. The maximum absolute atomic E-state index is 12.7. The van der Waals surface area contributed by atoms with Crippen LogP contribution >= 0.6 is 23.2 Å². The Morgan fingerprint density at radius 2 is 1.74 bits per heavy atom. The summed E-state index contributed by atoms with van der Waals surface area (Å²) in [7, 11) is 0. The lowest BCUT2D eigenvalue weighted by Gasteiger charge is -2.35. The zero-order valence-corrected chi connectivity index (χ0v) is 21.5. The zero-order valence-electron chi connectivity index (χ0n) is 20.0. The zero-order chi connectivity index (χ0) is 25.8. The average molecular weight is 518 g/mol. The lowest BCUT2D eigenvalue weighted by Crippen LogP contribution is -2.43. The average Bonchev–Trinajstić information content (AvgIpc) is 3.11. The van der Waals surface area contributed by atoms with E-state index in [1.165, 1.54) is 12.4 Å². The van der Waals surface area contributed by atoms with Gasteiger partial charge in [-0.05, 0) is 42.9 Å². The van der Waals surface area contributed by atoms with Crippen LogP contribution in [0, 0.1) is 5.92 Å². The van der Waals surface area contributed by atoms with Gasteiger partial charge >= 0.3 is 5.97 Å². The Kier molecular flexibility index (Phi) is 8.56. The summed E-state index contributed by atoms with van der Waals surface area (Å²) in [5.41, 5.74) is 2.05. The number of Topliss-reactive ketones (excluding diaryl/α,β-unsaturated/α-hetero) is 1. The van der Waals surface area contributed by atoms with Crippen molar-refractivity contribution in [2.24, 2.45) is 5.92 Å². The van der Waals surface area contributed by atoms with Crippen LogP contribution in [0.1, 0.15) is 68.8 Å². The SMILES string of the molecule is CCC(CC(=O)O)(NC1=C(CC(C)C)C(=O)CC1)c1ccc(NC(=O)c2c(Cl)cncc2Cl)cc1. The van der Waals surface area contributed by atoms with E-state index < -0.39 is 17.4 Å². The van der Waals surface area contributed by atoms with Crippen LogP contribution in [0.25, 0.3) is 0 Å². The van der Waals surface area contributed by atoms with Gasteiger partial charge in [-0.1, -0.05) is 56.1 Å². The Balaban J connectivity index is 1.91. The highest BCUT2D eigenvalue weighted by Gasteiger charge is 2.36. The van der Waals surface area contributed by atoms with Gasteiger partial charge in [0, 0.05) is 35.8 Å². The number of amides is 1. The summed E-state index contributed by atoms with van der Waals surface area (Å²) >= 11 is 12.2. The number of carboxylic acids is 1. The highest BCUT2D eigenvalue weighted by Crippen LogP contribution is 2.35. The van der Waals surface area contributed by atoms with Gasteiger partial charge in [-0.2, -0.15) is 0 Å². The largest absolute Gasteiger partial charge is 0.481 e. The third-order valence-electron chi connectivity index (χ3n) is 6.14. The number of carbonyl (C=O) groups is 3. The van der Waals surface area contributed by atoms with Crippen molar-refractivity contribution in [2.75, 3.05) is 5.32 Å².